The Kier molecular flexibility index (Phi) is 4.19. The van der Waals surface area contributed by atoms with Gasteiger partial charge in [0.15, 0.2) is 0 Å². The van der Waals surface area contributed by atoms with Gasteiger partial charge in [0.25, 0.3) is 5.69 Å². The molecule has 1 atom stereocenters. The van der Waals surface area contributed by atoms with E-state index in [1.54, 1.807) is 0 Å². The van der Waals surface area contributed by atoms with Crippen molar-refractivity contribution < 1.29 is 9.72 Å². The summed E-state index contributed by atoms with van der Waals surface area (Å²) in [5, 5.41) is 25.7. The predicted octanol–water partition coefficient (Wildman–Crippen LogP) is 1.79. The number of nitrogens with one attached hydrogen (secondary N) is 2. The Morgan fingerprint density at radius 1 is 1.62 bits per heavy atom. The number of nitro groups is 1. The minimum absolute atomic E-state index is 0.128. The van der Waals surface area contributed by atoms with Crippen LogP contribution in [0.15, 0.2) is 18.2 Å². The van der Waals surface area contributed by atoms with E-state index in [0.29, 0.717) is 19.4 Å². The molecule has 0 aromatic heterocycles. The molecule has 0 spiro atoms. The van der Waals surface area contributed by atoms with Crippen LogP contribution in [0.5, 0.6) is 0 Å². The number of anilines is 1. The van der Waals surface area contributed by atoms with Crippen molar-refractivity contribution in [2.75, 3.05) is 18.4 Å². The third-order valence-electron chi connectivity index (χ3n) is 3.97. The minimum Gasteiger partial charge on any atom is -0.320 e. The van der Waals surface area contributed by atoms with Gasteiger partial charge in [-0.05, 0) is 31.5 Å². The van der Waals surface area contributed by atoms with E-state index < -0.39 is 10.3 Å². The van der Waals surface area contributed by atoms with Gasteiger partial charge < -0.3 is 10.6 Å². The number of hydrogen-bond donors (Lipinski definition) is 2. The Morgan fingerprint density at radius 3 is 2.90 bits per heavy atom. The molecule has 7 heteroatoms. The Labute approximate surface area is 122 Å². The van der Waals surface area contributed by atoms with Crippen molar-refractivity contribution in [3.63, 3.8) is 0 Å². The smallest absolute Gasteiger partial charge is 0.294 e. The number of nitriles is 1. The fourth-order valence-corrected chi connectivity index (χ4v) is 2.51. The molecule has 0 aliphatic carbocycles. The zero-order valence-electron chi connectivity index (χ0n) is 11.7. The maximum absolute atomic E-state index is 12.5. The largest absolute Gasteiger partial charge is 0.320 e. The summed E-state index contributed by atoms with van der Waals surface area (Å²) in [5.74, 6) is -0.220. The number of nitrogens with zero attached hydrogens (tertiary/aromatic N) is 2. The number of amides is 1. The summed E-state index contributed by atoms with van der Waals surface area (Å²) >= 11 is 0. The molecule has 110 valence electrons. The first-order valence-corrected chi connectivity index (χ1v) is 6.73. The Balaban J connectivity index is 2.29. The highest BCUT2D eigenvalue weighted by molar-refractivity contribution is 5.97. The van der Waals surface area contributed by atoms with Crippen molar-refractivity contribution in [2.45, 2.75) is 19.8 Å². The average Bonchev–Trinajstić information content (AvgIpc) is 2.97. The van der Waals surface area contributed by atoms with Crippen LogP contribution >= 0.6 is 0 Å². The topological polar surface area (TPSA) is 108 Å². The fourth-order valence-electron chi connectivity index (χ4n) is 2.51. The molecule has 0 bridgehead atoms. The van der Waals surface area contributed by atoms with Crippen molar-refractivity contribution in [3.05, 3.63) is 33.9 Å². The molecule has 2 rings (SSSR count). The molecule has 1 amide bonds. The highest BCUT2D eigenvalue weighted by Gasteiger charge is 2.40. The van der Waals surface area contributed by atoms with Crippen LogP contribution in [0.3, 0.4) is 0 Å². The first kappa shape index (κ1) is 14.9. The number of hydrogen-bond acceptors (Lipinski definition) is 5. The van der Waals surface area contributed by atoms with E-state index in [-0.39, 0.29) is 22.8 Å². The van der Waals surface area contributed by atoms with Crippen LogP contribution in [0.2, 0.25) is 0 Å². The Morgan fingerprint density at radius 2 is 2.38 bits per heavy atom. The van der Waals surface area contributed by atoms with Crippen LogP contribution in [0, 0.1) is 26.9 Å². The fraction of sp³-hybridized carbons (Fsp3) is 0.429. The van der Waals surface area contributed by atoms with Crippen LogP contribution in [0.1, 0.15) is 25.3 Å². The average molecular weight is 288 g/mol. The van der Waals surface area contributed by atoms with E-state index in [9.17, 15) is 14.9 Å². The normalized spacial score (nSPS) is 20.8. The minimum atomic E-state index is -0.595. The zero-order valence-corrected chi connectivity index (χ0v) is 11.7. The van der Waals surface area contributed by atoms with Crippen molar-refractivity contribution in [1.82, 2.24) is 5.32 Å². The van der Waals surface area contributed by atoms with Gasteiger partial charge in [-0.3, -0.25) is 14.9 Å². The zero-order chi connectivity index (χ0) is 15.5. The van der Waals surface area contributed by atoms with Gasteiger partial charge in [-0.25, -0.2) is 0 Å². The third-order valence-corrected chi connectivity index (χ3v) is 3.97. The molecule has 1 fully saturated rings. The number of rotatable bonds is 4. The number of carbonyl (C=O) groups is 1. The van der Waals surface area contributed by atoms with E-state index in [4.69, 9.17) is 5.26 Å². The molecule has 1 saturated heterocycles. The highest BCUT2D eigenvalue weighted by atomic mass is 16.6. The standard InChI is InChI=1S/C14H16N4O3/c1-2-14(5-6-16-9-14)13(19)17-11-4-3-10(8-15)7-12(11)18(20)21/h3-4,7,16H,2,5-6,9H2,1H3,(H,17,19). The summed E-state index contributed by atoms with van der Waals surface area (Å²) in [6.07, 6.45) is 1.37. The second kappa shape index (κ2) is 5.89. The Hall–Kier alpha value is -2.46. The van der Waals surface area contributed by atoms with Crippen molar-refractivity contribution in [1.29, 1.82) is 5.26 Å². The number of carbonyl (C=O) groups excluding carboxylic acids is 1. The predicted molar refractivity (Wildman–Crippen MR) is 76.7 cm³/mol. The van der Waals surface area contributed by atoms with E-state index in [0.717, 1.165) is 6.54 Å². The first-order valence-electron chi connectivity index (χ1n) is 6.73. The van der Waals surface area contributed by atoms with Gasteiger partial charge in [0.2, 0.25) is 5.91 Å². The lowest BCUT2D eigenvalue weighted by molar-refractivity contribution is -0.384. The molecule has 7 nitrogen and oxygen atoms in total. The van der Waals surface area contributed by atoms with Gasteiger partial charge in [0.05, 0.1) is 22.0 Å². The third kappa shape index (κ3) is 2.85. The quantitative estimate of drug-likeness (QED) is 0.648. The Bertz CT molecular complexity index is 615. The van der Waals surface area contributed by atoms with Crippen LogP contribution in [0.4, 0.5) is 11.4 Å². The summed E-state index contributed by atoms with van der Waals surface area (Å²) in [4.78, 5) is 22.9. The molecule has 0 saturated carbocycles. The maximum Gasteiger partial charge on any atom is 0.294 e. The van der Waals surface area contributed by atoms with Crippen LogP contribution in [0.25, 0.3) is 0 Å². The van der Waals surface area contributed by atoms with Crippen LogP contribution < -0.4 is 10.6 Å². The van der Waals surface area contributed by atoms with Gasteiger partial charge >= 0.3 is 0 Å². The lowest BCUT2D eigenvalue weighted by Gasteiger charge is -2.25. The van der Waals surface area contributed by atoms with Gasteiger partial charge in [-0.1, -0.05) is 6.92 Å². The summed E-state index contributed by atoms with van der Waals surface area (Å²) in [6, 6.07) is 5.87. The van der Waals surface area contributed by atoms with Crippen LogP contribution in [-0.4, -0.2) is 23.9 Å². The monoisotopic (exact) mass is 288 g/mol. The highest BCUT2D eigenvalue weighted by Crippen LogP contribution is 2.33. The second-order valence-electron chi connectivity index (χ2n) is 5.12. The van der Waals surface area contributed by atoms with Crippen molar-refractivity contribution in [3.8, 4) is 6.07 Å². The molecule has 1 aliphatic heterocycles. The summed E-state index contributed by atoms with van der Waals surface area (Å²) in [7, 11) is 0. The second-order valence-corrected chi connectivity index (χ2v) is 5.12. The molecule has 1 aromatic carbocycles. The van der Waals surface area contributed by atoms with Crippen molar-refractivity contribution >= 4 is 17.3 Å². The van der Waals surface area contributed by atoms with Gasteiger partial charge in [-0.2, -0.15) is 5.26 Å². The molecular weight excluding hydrogens is 272 g/mol. The van der Waals surface area contributed by atoms with E-state index in [1.165, 1.54) is 18.2 Å². The molecule has 21 heavy (non-hydrogen) atoms. The summed E-state index contributed by atoms with van der Waals surface area (Å²) < 4.78 is 0. The van der Waals surface area contributed by atoms with E-state index in [2.05, 4.69) is 10.6 Å². The summed E-state index contributed by atoms with van der Waals surface area (Å²) in [6.45, 7) is 3.26. The maximum atomic E-state index is 12.5. The van der Waals surface area contributed by atoms with Gasteiger partial charge in [-0.15, -0.1) is 0 Å². The number of benzene rings is 1. The van der Waals surface area contributed by atoms with Gasteiger partial charge in [0.1, 0.15) is 5.69 Å². The number of nitro benzene ring substituents is 1. The summed E-state index contributed by atoms with van der Waals surface area (Å²) in [5.41, 5.74) is -0.474. The molecule has 1 aliphatic rings. The first-order chi connectivity index (χ1) is 10.0. The van der Waals surface area contributed by atoms with Crippen molar-refractivity contribution in [2.24, 2.45) is 5.41 Å². The van der Waals surface area contributed by atoms with E-state index in [1.807, 2.05) is 13.0 Å². The van der Waals surface area contributed by atoms with E-state index >= 15 is 0 Å². The SMILES string of the molecule is CCC1(C(=O)Nc2ccc(C#N)cc2[N+](=O)[O-])CCNC1. The lowest BCUT2D eigenvalue weighted by atomic mass is 9.83. The molecule has 0 radical (unpaired) electrons. The lowest BCUT2D eigenvalue weighted by Crippen LogP contribution is -2.37. The van der Waals surface area contributed by atoms with Crippen LogP contribution in [-0.2, 0) is 4.79 Å². The molecular formula is C14H16N4O3. The molecule has 1 heterocycles. The van der Waals surface area contributed by atoms with Gasteiger partial charge in [0, 0.05) is 12.6 Å². The molecule has 1 unspecified atom stereocenters. The molecule has 2 N–H and O–H groups in total. The molecule has 1 aromatic rings.